The highest BCUT2D eigenvalue weighted by atomic mass is 15.1. The average Bonchev–Trinajstić information content (AvgIpc) is 2.48. The van der Waals surface area contributed by atoms with Gasteiger partial charge >= 0.3 is 0 Å². The molecule has 2 heteroatoms. The second kappa shape index (κ2) is 9.83. The van der Waals surface area contributed by atoms with Gasteiger partial charge in [0.15, 0.2) is 0 Å². The largest absolute Gasteiger partial charge is 0.371 e. The molecule has 0 saturated heterocycles. The molecule has 0 aliphatic heterocycles. The van der Waals surface area contributed by atoms with E-state index < -0.39 is 0 Å². The molecule has 0 fully saturated rings. The predicted molar refractivity (Wildman–Crippen MR) is 95.2 cm³/mol. The zero-order chi connectivity index (χ0) is 15.7. The summed E-state index contributed by atoms with van der Waals surface area (Å²) in [7, 11) is 0. The first-order valence-electron chi connectivity index (χ1n) is 8.72. The smallest absolute Gasteiger partial charge is 0.0399 e. The van der Waals surface area contributed by atoms with Gasteiger partial charge in [0.05, 0.1) is 0 Å². The molecule has 0 saturated carbocycles. The first-order valence-corrected chi connectivity index (χ1v) is 8.72. The topological polar surface area (TPSA) is 29.3 Å². The summed E-state index contributed by atoms with van der Waals surface area (Å²) < 4.78 is 0. The second-order valence-corrected chi connectivity index (χ2v) is 6.20. The molecule has 0 heterocycles. The van der Waals surface area contributed by atoms with Crippen molar-refractivity contribution in [2.75, 3.05) is 18.0 Å². The van der Waals surface area contributed by atoms with Gasteiger partial charge in [0, 0.05) is 24.8 Å². The Morgan fingerprint density at radius 3 is 2.19 bits per heavy atom. The van der Waals surface area contributed by atoms with E-state index in [1.165, 1.54) is 42.5 Å². The fraction of sp³-hybridized carbons (Fsp3) is 0.684. The zero-order valence-corrected chi connectivity index (χ0v) is 14.5. The Morgan fingerprint density at radius 1 is 1.05 bits per heavy atom. The van der Waals surface area contributed by atoms with E-state index in [1.807, 2.05) is 0 Å². The van der Waals surface area contributed by atoms with E-state index in [4.69, 9.17) is 5.73 Å². The van der Waals surface area contributed by atoms with E-state index in [0.717, 1.165) is 25.9 Å². The van der Waals surface area contributed by atoms with Crippen LogP contribution in [0.15, 0.2) is 18.2 Å². The quantitative estimate of drug-likeness (QED) is 0.678. The van der Waals surface area contributed by atoms with Gasteiger partial charge < -0.3 is 10.6 Å². The highest BCUT2D eigenvalue weighted by Gasteiger charge is 2.13. The number of rotatable bonds is 10. The maximum atomic E-state index is 6.21. The van der Waals surface area contributed by atoms with Crippen molar-refractivity contribution >= 4 is 5.69 Å². The molecule has 1 aromatic carbocycles. The maximum Gasteiger partial charge on any atom is 0.0399 e. The van der Waals surface area contributed by atoms with E-state index in [-0.39, 0.29) is 6.04 Å². The molecule has 0 aliphatic rings. The van der Waals surface area contributed by atoms with Crippen LogP contribution < -0.4 is 10.6 Å². The third kappa shape index (κ3) is 6.09. The van der Waals surface area contributed by atoms with Crippen molar-refractivity contribution in [3.8, 4) is 0 Å². The fourth-order valence-electron chi connectivity index (χ4n) is 2.66. The van der Waals surface area contributed by atoms with Crippen LogP contribution in [0.25, 0.3) is 0 Å². The standard InChI is InChI=1S/C19H34N2/c1-5-8-12-21(13-9-6-2)19-11-10-16(4)14-17(19)15-18(20)7-3/h10-11,14,18H,5-9,12-13,15,20H2,1-4H3. The Morgan fingerprint density at radius 2 is 1.67 bits per heavy atom. The molecule has 0 spiro atoms. The van der Waals surface area contributed by atoms with Gasteiger partial charge in [0.2, 0.25) is 0 Å². The van der Waals surface area contributed by atoms with Gasteiger partial charge in [0.1, 0.15) is 0 Å². The van der Waals surface area contributed by atoms with Crippen molar-refractivity contribution in [1.29, 1.82) is 0 Å². The third-order valence-corrected chi connectivity index (χ3v) is 4.15. The highest BCUT2D eigenvalue weighted by Crippen LogP contribution is 2.24. The molecule has 0 radical (unpaired) electrons. The van der Waals surface area contributed by atoms with Gasteiger partial charge in [-0.1, -0.05) is 51.3 Å². The van der Waals surface area contributed by atoms with E-state index in [1.54, 1.807) is 0 Å². The summed E-state index contributed by atoms with van der Waals surface area (Å²) >= 11 is 0. The van der Waals surface area contributed by atoms with Crippen LogP contribution in [0, 0.1) is 6.92 Å². The molecule has 0 amide bonds. The summed E-state index contributed by atoms with van der Waals surface area (Å²) in [5.74, 6) is 0. The molecule has 2 N–H and O–H groups in total. The number of hydrogen-bond donors (Lipinski definition) is 1. The third-order valence-electron chi connectivity index (χ3n) is 4.15. The number of nitrogens with two attached hydrogens (primary N) is 1. The van der Waals surface area contributed by atoms with Crippen LogP contribution in [0.2, 0.25) is 0 Å². The number of benzene rings is 1. The fourth-order valence-corrected chi connectivity index (χ4v) is 2.66. The molecule has 1 unspecified atom stereocenters. The molecular formula is C19H34N2. The molecule has 0 aliphatic carbocycles. The minimum absolute atomic E-state index is 0.268. The lowest BCUT2D eigenvalue weighted by Gasteiger charge is -2.28. The van der Waals surface area contributed by atoms with Crippen molar-refractivity contribution in [1.82, 2.24) is 0 Å². The lowest BCUT2D eigenvalue weighted by Crippen LogP contribution is -2.28. The molecule has 2 nitrogen and oxygen atoms in total. The molecule has 1 rings (SSSR count). The average molecular weight is 290 g/mol. The Labute approximate surface area is 131 Å². The number of nitrogens with zero attached hydrogens (tertiary/aromatic N) is 1. The van der Waals surface area contributed by atoms with Crippen LogP contribution in [0.5, 0.6) is 0 Å². The van der Waals surface area contributed by atoms with Gasteiger partial charge in [-0.3, -0.25) is 0 Å². The zero-order valence-electron chi connectivity index (χ0n) is 14.5. The van der Waals surface area contributed by atoms with Gasteiger partial charge in [-0.05, 0) is 44.2 Å². The summed E-state index contributed by atoms with van der Waals surface area (Å²) in [6, 6.07) is 7.14. The Bertz CT molecular complexity index is 393. The summed E-state index contributed by atoms with van der Waals surface area (Å²) in [6.45, 7) is 11.2. The van der Waals surface area contributed by atoms with E-state index in [0.29, 0.717) is 0 Å². The first-order chi connectivity index (χ1) is 10.1. The number of unbranched alkanes of at least 4 members (excludes halogenated alkanes) is 2. The van der Waals surface area contributed by atoms with Crippen molar-refractivity contribution < 1.29 is 0 Å². The van der Waals surface area contributed by atoms with Crippen LogP contribution in [-0.2, 0) is 6.42 Å². The minimum Gasteiger partial charge on any atom is -0.371 e. The Kier molecular flexibility index (Phi) is 8.44. The molecule has 0 aromatic heterocycles. The maximum absolute atomic E-state index is 6.21. The number of hydrogen-bond acceptors (Lipinski definition) is 2. The highest BCUT2D eigenvalue weighted by molar-refractivity contribution is 5.55. The number of anilines is 1. The summed E-state index contributed by atoms with van der Waals surface area (Å²) in [5.41, 5.74) is 10.4. The molecule has 1 atom stereocenters. The van der Waals surface area contributed by atoms with Gasteiger partial charge in [-0.15, -0.1) is 0 Å². The molecule has 0 bridgehead atoms. The molecule has 1 aromatic rings. The van der Waals surface area contributed by atoms with Crippen LogP contribution in [-0.4, -0.2) is 19.1 Å². The molecule has 21 heavy (non-hydrogen) atoms. The lowest BCUT2D eigenvalue weighted by molar-refractivity contribution is 0.637. The van der Waals surface area contributed by atoms with Gasteiger partial charge in [-0.2, -0.15) is 0 Å². The molecule has 120 valence electrons. The van der Waals surface area contributed by atoms with Crippen LogP contribution >= 0.6 is 0 Å². The number of aryl methyl sites for hydroxylation is 1. The predicted octanol–water partition coefficient (Wildman–Crippen LogP) is 4.68. The SMILES string of the molecule is CCCCN(CCCC)c1ccc(C)cc1CC(N)CC. The van der Waals surface area contributed by atoms with Crippen LogP contribution in [0.4, 0.5) is 5.69 Å². The molecular weight excluding hydrogens is 256 g/mol. The van der Waals surface area contributed by atoms with Gasteiger partial charge in [0.25, 0.3) is 0 Å². The monoisotopic (exact) mass is 290 g/mol. The van der Waals surface area contributed by atoms with E-state index >= 15 is 0 Å². The van der Waals surface area contributed by atoms with Crippen molar-refractivity contribution in [2.45, 2.75) is 72.3 Å². The Hall–Kier alpha value is -1.02. The van der Waals surface area contributed by atoms with E-state index in [2.05, 4.69) is 50.8 Å². The van der Waals surface area contributed by atoms with Crippen molar-refractivity contribution in [3.05, 3.63) is 29.3 Å². The van der Waals surface area contributed by atoms with E-state index in [9.17, 15) is 0 Å². The minimum atomic E-state index is 0.268. The summed E-state index contributed by atoms with van der Waals surface area (Å²) in [4.78, 5) is 2.57. The summed E-state index contributed by atoms with van der Waals surface area (Å²) in [5, 5.41) is 0. The van der Waals surface area contributed by atoms with Crippen LogP contribution in [0.3, 0.4) is 0 Å². The van der Waals surface area contributed by atoms with Gasteiger partial charge in [-0.25, -0.2) is 0 Å². The lowest BCUT2D eigenvalue weighted by atomic mass is 9.99. The van der Waals surface area contributed by atoms with Crippen molar-refractivity contribution in [3.63, 3.8) is 0 Å². The normalized spacial score (nSPS) is 12.4. The Balaban J connectivity index is 2.97. The second-order valence-electron chi connectivity index (χ2n) is 6.20. The first kappa shape index (κ1) is 18.0. The van der Waals surface area contributed by atoms with Crippen molar-refractivity contribution in [2.24, 2.45) is 5.73 Å². The summed E-state index contributed by atoms with van der Waals surface area (Å²) in [6.07, 6.45) is 7.05. The van der Waals surface area contributed by atoms with Crippen LogP contribution in [0.1, 0.15) is 64.0 Å².